The fourth-order valence-electron chi connectivity index (χ4n) is 10.4. The lowest BCUT2D eigenvalue weighted by atomic mass is 9.75. The molecular weight excluding hydrogens is 1140 g/mol. The lowest BCUT2D eigenvalue weighted by molar-refractivity contribution is -0.141. The number of nitrogens with one attached hydrogen (secondary N) is 4. The summed E-state index contributed by atoms with van der Waals surface area (Å²) < 4.78 is 128. The number of piperidine rings is 1. The van der Waals surface area contributed by atoms with Crippen LogP contribution in [0.15, 0.2) is 73.3 Å². The van der Waals surface area contributed by atoms with E-state index in [-0.39, 0.29) is 37.6 Å². The second kappa shape index (κ2) is 37.6. The number of likely N-dealkylation sites (tertiary alicyclic amines) is 3. The molecule has 5 atom stereocenters. The Balaban J connectivity index is 0.000000288. The number of hydrogen-bond acceptors (Lipinski definition) is 14. The number of aryl methyl sites for hydroxylation is 1. The van der Waals surface area contributed by atoms with Gasteiger partial charge < -0.3 is 40.5 Å². The lowest BCUT2D eigenvalue weighted by Gasteiger charge is -2.41. The Morgan fingerprint density at radius 1 is 0.697 bits per heavy atom. The minimum atomic E-state index is -2.82. The van der Waals surface area contributed by atoms with Gasteiger partial charge in [-0.2, -0.15) is 14.8 Å². The molecule has 10 rings (SSSR count). The number of anilines is 4. The summed E-state index contributed by atoms with van der Waals surface area (Å²) >= 11 is 0. The molecule has 6 saturated heterocycles. The third kappa shape index (κ3) is 28.6. The number of para-hydroxylation sites is 2. The standard InChI is InChI=1S/C12H21NO.C10H12N2.C9H11N3.C8H15F2N.C8H11FN2.C8H17NO.C7H13N3.C6H11F2N/c1-8(2)13-6-9-10(7-13)12(3)5-4-11(9)14-12;1-8(2)12-10-7-5-4-6-9(10)11-3;1-7(2)12-9-4-3-8(5-10)11-6-9;1-7(2)11-5-3-8(9,10)4-6-11;1-6(2)11-7-3-4-8(9)10-5-7;1-7(2)9-4-5-10-6-8(9)3;1-6(2)9-7-4-8-10(3)5-7;1-5(2)9-3-6(7,8)4-9/h8-11H,4-7H2,1-3H3;4-8,12H,1-2H3;3-4,6-7,12H,1-2H3;7H,3-6H2,1-2H3;3-6,11H,1-2H3;7-8H,4-6H2,1-3H3;4-6,9H,1-3H3;5H,3-4H2,1-2H3/i;;;;;4D2,5D2,6D2,8D;;. The minimum absolute atomic E-state index is 0.0329. The van der Waals surface area contributed by atoms with Crippen LogP contribution in [0, 0.1) is 35.7 Å². The van der Waals surface area contributed by atoms with E-state index < -0.39 is 49.5 Å². The molecule has 0 aliphatic carbocycles. The molecule has 2 bridgehead atoms. The van der Waals surface area contributed by atoms with Gasteiger partial charge in [-0.1, -0.05) is 18.2 Å². The predicted molar refractivity (Wildman–Crippen MR) is 355 cm³/mol. The maximum Gasteiger partial charge on any atom is 0.272 e. The Labute approximate surface area is 542 Å². The molecule has 9 heterocycles. The van der Waals surface area contributed by atoms with Crippen LogP contribution in [0.4, 0.5) is 50.4 Å². The van der Waals surface area contributed by atoms with Crippen LogP contribution in [0.1, 0.15) is 166 Å². The highest BCUT2D eigenvalue weighted by Gasteiger charge is 2.59. The average Bonchev–Trinajstić information content (AvgIpc) is 1.00. The van der Waals surface area contributed by atoms with Crippen LogP contribution in [-0.2, 0) is 16.5 Å². The number of nitriles is 1. The van der Waals surface area contributed by atoms with Crippen molar-refractivity contribution in [3.8, 4) is 6.07 Å². The Kier molecular flexibility index (Phi) is 28.0. The monoisotopic (exact) mass is 1260 g/mol. The third-order valence-corrected chi connectivity index (χ3v) is 15.0. The number of hydrogen-bond donors (Lipinski definition) is 4. The summed E-state index contributed by atoms with van der Waals surface area (Å²) in [6.45, 7) is 38.2. The molecule has 16 nitrogen and oxygen atoms in total. The highest BCUT2D eigenvalue weighted by Crippen LogP contribution is 2.54. The smallest absolute Gasteiger partial charge is 0.272 e. The SMILES string of the molecule is CC(C)N1CC(F)(F)C1.CC(C)N1CC2C3CCC(C)(O3)C2C1.CC(C)N1CCC(F)(F)CC1.CC(C)Nc1ccc(C#N)nc1.CC(C)Nc1ccc(F)nc1.CC(C)Nc1cnn(C)c1.[2H]C1([2H])OC([2H])([2H])C([2H])(C)N(C(C)C)C1([2H])[2H].[C-]#[N+]c1ccccc1NC(C)C. The molecule has 6 aliphatic heterocycles. The molecule has 500 valence electrons. The molecule has 0 amide bonds. The van der Waals surface area contributed by atoms with E-state index in [1.165, 1.54) is 45.1 Å². The van der Waals surface area contributed by atoms with Gasteiger partial charge in [-0.3, -0.25) is 14.5 Å². The number of fused-ring (bicyclic) bond motifs is 5. The zero-order valence-electron chi connectivity index (χ0n) is 63.5. The van der Waals surface area contributed by atoms with Crippen molar-refractivity contribution in [2.24, 2.45) is 18.9 Å². The topological polar surface area (TPSA) is 151 Å². The lowest BCUT2D eigenvalue weighted by Crippen LogP contribution is -2.58. The van der Waals surface area contributed by atoms with E-state index in [9.17, 15) is 22.0 Å². The van der Waals surface area contributed by atoms with Crippen molar-refractivity contribution in [1.82, 2.24) is 39.3 Å². The zero-order chi connectivity index (χ0) is 73.1. The van der Waals surface area contributed by atoms with Gasteiger partial charge in [0.15, 0.2) is 0 Å². The molecule has 21 heteroatoms. The number of halogens is 5. The molecule has 4 N–H and O–H groups in total. The van der Waals surface area contributed by atoms with E-state index in [0.717, 1.165) is 39.5 Å². The van der Waals surface area contributed by atoms with Gasteiger partial charge in [0.25, 0.3) is 11.8 Å². The van der Waals surface area contributed by atoms with Gasteiger partial charge in [0.1, 0.15) is 11.8 Å². The predicted octanol–water partition coefficient (Wildman–Crippen LogP) is 14.6. The first-order valence-corrected chi connectivity index (χ1v) is 31.4. The molecule has 6 aliphatic rings. The Bertz CT molecular complexity index is 2980. The second-order valence-corrected chi connectivity index (χ2v) is 25.8. The van der Waals surface area contributed by atoms with Gasteiger partial charge in [0.05, 0.1) is 85.6 Å². The summed E-state index contributed by atoms with van der Waals surface area (Å²) in [6.07, 6.45) is 10.2. The van der Waals surface area contributed by atoms with Gasteiger partial charge in [-0.25, -0.2) is 32.4 Å². The van der Waals surface area contributed by atoms with Crippen molar-refractivity contribution in [2.75, 3.05) is 80.2 Å². The number of morpholine rings is 1. The maximum atomic E-state index is 12.6. The number of benzene rings is 1. The number of rotatable bonds is 12. The zero-order valence-corrected chi connectivity index (χ0v) is 56.5. The highest BCUT2D eigenvalue weighted by atomic mass is 19.3. The van der Waals surface area contributed by atoms with Crippen molar-refractivity contribution in [1.29, 1.82) is 5.26 Å². The van der Waals surface area contributed by atoms with E-state index in [4.69, 9.17) is 26.2 Å². The van der Waals surface area contributed by atoms with Crippen molar-refractivity contribution in [3.63, 3.8) is 0 Å². The van der Waals surface area contributed by atoms with Crippen LogP contribution >= 0.6 is 0 Å². The fraction of sp³-hybridized carbons (Fsp3) is 0.691. The van der Waals surface area contributed by atoms with Crippen LogP contribution in [0.3, 0.4) is 0 Å². The molecule has 1 aromatic carbocycles. The van der Waals surface area contributed by atoms with Crippen LogP contribution in [-0.4, -0.2) is 176 Å². The summed E-state index contributed by atoms with van der Waals surface area (Å²) in [7, 11) is 1.91. The van der Waals surface area contributed by atoms with Crippen molar-refractivity contribution in [3.05, 3.63) is 96.4 Å². The van der Waals surface area contributed by atoms with Crippen LogP contribution in [0.5, 0.6) is 0 Å². The summed E-state index contributed by atoms with van der Waals surface area (Å²) in [6, 6.07) is 16.5. The first-order chi connectivity index (χ1) is 44.2. The molecule has 5 unspecified atom stereocenters. The van der Waals surface area contributed by atoms with Crippen molar-refractivity contribution in [2.45, 2.75) is 228 Å². The van der Waals surface area contributed by atoms with Gasteiger partial charge in [-0.05, 0) is 168 Å². The van der Waals surface area contributed by atoms with E-state index in [0.29, 0.717) is 66.8 Å². The number of pyridine rings is 2. The number of alkyl halides is 4. The van der Waals surface area contributed by atoms with E-state index in [2.05, 4.69) is 118 Å². The molecule has 0 radical (unpaired) electrons. The average molecular weight is 1260 g/mol. The number of nitrogens with zero attached hydrogens (tertiary/aromatic N) is 10. The van der Waals surface area contributed by atoms with E-state index >= 15 is 0 Å². The van der Waals surface area contributed by atoms with E-state index in [1.54, 1.807) is 41.8 Å². The number of aromatic nitrogens is 4. The van der Waals surface area contributed by atoms with E-state index in [1.807, 2.05) is 97.4 Å². The Morgan fingerprint density at radius 2 is 1.25 bits per heavy atom. The van der Waals surface area contributed by atoms with Crippen molar-refractivity contribution >= 4 is 28.4 Å². The van der Waals surface area contributed by atoms with Gasteiger partial charge in [0, 0.05) is 135 Å². The maximum absolute atomic E-state index is 12.6. The molecule has 89 heavy (non-hydrogen) atoms. The quantitative estimate of drug-likeness (QED) is 0.0605. The molecule has 3 aromatic heterocycles. The number of ether oxygens (including phenoxy) is 2. The minimum Gasteiger partial charge on any atom is -0.391 e. The van der Waals surface area contributed by atoms with Gasteiger partial charge >= 0.3 is 0 Å². The van der Waals surface area contributed by atoms with Crippen molar-refractivity contribution < 1.29 is 41.0 Å². The van der Waals surface area contributed by atoms with Crippen LogP contribution in [0.2, 0.25) is 0 Å². The van der Waals surface area contributed by atoms with Crippen LogP contribution < -0.4 is 21.3 Å². The largest absolute Gasteiger partial charge is 0.391 e. The summed E-state index contributed by atoms with van der Waals surface area (Å²) in [5.74, 6) is -3.57. The van der Waals surface area contributed by atoms with Crippen LogP contribution in [0.25, 0.3) is 4.85 Å². The molecule has 0 spiro atoms. The highest BCUT2D eigenvalue weighted by molar-refractivity contribution is 5.69. The summed E-state index contributed by atoms with van der Waals surface area (Å²) in [5, 5.41) is 25.2. The third-order valence-electron chi connectivity index (χ3n) is 15.0. The normalized spacial score (nSPS) is 26.0. The first-order valence-electron chi connectivity index (χ1n) is 34.9. The van der Waals surface area contributed by atoms with Gasteiger partial charge in [-0.15, -0.1) is 0 Å². The second-order valence-electron chi connectivity index (χ2n) is 25.8. The fourth-order valence-corrected chi connectivity index (χ4v) is 10.4. The molecule has 4 aromatic rings. The van der Waals surface area contributed by atoms with Gasteiger partial charge in [0.2, 0.25) is 11.6 Å². The summed E-state index contributed by atoms with van der Waals surface area (Å²) in [5.41, 5.74) is 5.17. The summed E-state index contributed by atoms with van der Waals surface area (Å²) in [4.78, 5) is 18.2. The Hall–Kier alpha value is -5.68. The molecular formula is C68H111F5N14O2. The Morgan fingerprint density at radius 3 is 1.69 bits per heavy atom. The first kappa shape index (κ1) is 66.2. The molecule has 0 saturated carbocycles. The molecule has 6 fully saturated rings.